The quantitative estimate of drug-likeness (QED) is 0.455. The Labute approximate surface area is 174 Å². The standard InChI is InChI=1S/C23H22N4O3/c1-16-22(20(29)12-18(13-28)17-6-3-2-4-7-17)27-11-5-8-21(23(27)26-16)30-14-19-9-10-24-15-25-19/h2-11,15,18,28H,12-14H2,1H3/t18-/m0/s1. The lowest BCUT2D eigenvalue weighted by molar-refractivity contribution is 0.0953. The van der Waals surface area contributed by atoms with Gasteiger partial charge < -0.3 is 9.84 Å². The molecule has 0 saturated carbocycles. The number of imidazole rings is 1. The van der Waals surface area contributed by atoms with Crippen LogP contribution in [0.25, 0.3) is 5.65 Å². The summed E-state index contributed by atoms with van der Waals surface area (Å²) in [7, 11) is 0. The van der Waals surface area contributed by atoms with Crippen LogP contribution in [-0.2, 0) is 6.61 Å². The van der Waals surface area contributed by atoms with Crippen LogP contribution in [0.3, 0.4) is 0 Å². The lowest BCUT2D eigenvalue weighted by atomic mass is 9.93. The van der Waals surface area contributed by atoms with Gasteiger partial charge in [-0.05, 0) is 30.7 Å². The molecular weight excluding hydrogens is 380 g/mol. The van der Waals surface area contributed by atoms with Gasteiger partial charge in [-0.25, -0.2) is 15.0 Å². The molecule has 3 heterocycles. The molecule has 0 aliphatic carbocycles. The summed E-state index contributed by atoms with van der Waals surface area (Å²) in [5.41, 5.74) is 3.40. The number of aliphatic hydroxyl groups is 1. The van der Waals surface area contributed by atoms with E-state index >= 15 is 0 Å². The molecular formula is C23H22N4O3. The molecule has 0 radical (unpaired) electrons. The Kier molecular flexibility index (Phi) is 5.81. The average molecular weight is 402 g/mol. The molecule has 1 N–H and O–H groups in total. The number of Topliss-reactive ketones (excluding diaryl/α,β-unsaturated/α-hetero) is 1. The van der Waals surface area contributed by atoms with E-state index in [1.807, 2.05) is 49.4 Å². The Morgan fingerprint density at radius 2 is 2.00 bits per heavy atom. The van der Waals surface area contributed by atoms with Crippen molar-refractivity contribution in [3.05, 3.63) is 89.9 Å². The highest BCUT2D eigenvalue weighted by Crippen LogP contribution is 2.26. The summed E-state index contributed by atoms with van der Waals surface area (Å²) in [6, 6.07) is 15.0. The van der Waals surface area contributed by atoms with E-state index < -0.39 is 0 Å². The smallest absolute Gasteiger partial charge is 0.182 e. The van der Waals surface area contributed by atoms with Crippen LogP contribution in [0.1, 0.15) is 39.8 Å². The van der Waals surface area contributed by atoms with Crippen molar-refractivity contribution in [2.24, 2.45) is 0 Å². The van der Waals surface area contributed by atoms with Crippen molar-refractivity contribution in [2.75, 3.05) is 6.61 Å². The molecule has 0 aliphatic rings. The number of aliphatic hydroxyl groups excluding tert-OH is 1. The van der Waals surface area contributed by atoms with Gasteiger partial charge in [0.1, 0.15) is 18.6 Å². The number of hydrogen-bond acceptors (Lipinski definition) is 6. The van der Waals surface area contributed by atoms with Crippen molar-refractivity contribution >= 4 is 11.4 Å². The molecule has 0 aliphatic heterocycles. The third kappa shape index (κ3) is 4.06. The average Bonchev–Trinajstić information content (AvgIpc) is 3.13. The van der Waals surface area contributed by atoms with Crippen molar-refractivity contribution < 1.29 is 14.6 Å². The maximum atomic E-state index is 13.1. The summed E-state index contributed by atoms with van der Waals surface area (Å²) in [6.45, 7) is 1.99. The molecule has 0 bridgehead atoms. The number of benzene rings is 1. The van der Waals surface area contributed by atoms with Crippen molar-refractivity contribution in [3.63, 3.8) is 0 Å². The highest BCUT2D eigenvalue weighted by molar-refractivity contribution is 5.97. The molecule has 30 heavy (non-hydrogen) atoms. The highest BCUT2D eigenvalue weighted by atomic mass is 16.5. The molecule has 0 spiro atoms. The van der Waals surface area contributed by atoms with Crippen LogP contribution in [0.4, 0.5) is 0 Å². The van der Waals surface area contributed by atoms with Crippen molar-refractivity contribution in [1.29, 1.82) is 0 Å². The fourth-order valence-corrected chi connectivity index (χ4v) is 3.49. The van der Waals surface area contributed by atoms with E-state index in [1.54, 1.807) is 22.9 Å². The zero-order chi connectivity index (χ0) is 20.9. The molecule has 7 nitrogen and oxygen atoms in total. The second kappa shape index (κ2) is 8.84. The first-order chi connectivity index (χ1) is 14.7. The number of fused-ring (bicyclic) bond motifs is 1. The first-order valence-corrected chi connectivity index (χ1v) is 9.71. The van der Waals surface area contributed by atoms with E-state index in [-0.39, 0.29) is 31.3 Å². The van der Waals surface area contributed by atoms with E-state index in [4.69, 9.17) is 4.74 Å². The van der Waals surface area contributed by atoms with E-state index in [1.165, 1.54) is 6.33 Å². The van der Waals surface area contributed by atoms with Gasteiger partial charge in [0, 0.05) is 24.7 Å². The molecule has 7 heteroatoms. The van der Waals surface area contributed by atoms with Crippen molar-refractivity contribution in [2.45, 2.75) is 25.9 Å². The minimum atomic E-state index is -0.263. The van der Waals surface area contributed by atoms with Gasteiger partial charge in [-0.15, -0.1) is 0 Å². The molecule has 3 aromatic heterocycles. The molecule has 152 valence electrons. The SMILES string of the molecule is Cc1nc2c(OCc3ccncn3)cccn2c1C(=O)C[C@@H](CO)c1ccccc1. The summed E-state index contributed by atoms with van der Waals surface area (Å²) in [4.78, 5) is 25.8. The molecule has 0 saturated heterocycles. The van der Waals surface area contributed by atoms with Crippen LogP contribution in [0.15, 0.2) is 67.3 Å². The Bertz CT molecular complexity index is 1140. The topological polar surface area (TPSA) is 89.6 Å². The van der Waals surface area contributed by atoms with Crippen LogP contribution < -0.4 is 4.74 Å². The number of ether oxygens (including phenoxy) is 1. The largest absolute Gasteiger partial charge is 0.483 e. The number of aryl methyl sites for hydroxylation is 1. The number of pyridine rings is 1. The number of ketones is 1. The number of carbonyl (C=O) groups is 1. The van der Waals surface area contributed by atoms with Gasteiger partial charge in [0.15, 0.2) is 17.2 Å². The summed E-state index contributed by atoms with van der Waals surface area (Å²) < 4.78 is 7.66. The maximum absolute atomic E-state index is 13.1. The summed E-state index contributed by atoms with van der Waals surface area (Å²) >= 11 is 0. The Hall–Kier alpha value is -3.58. The molecule has 0 unspecified atom stereocenters. The Balaban J connectivity index is 1.60. The van der Waals surface area contributed by atoms with Gasteiger partial charge in [-0.2, -0.15) is 0 Å². The minimum Gasteiger partial charge on any atom is -0.483 e. The monoisotopic (exact) mass is 402 g/mol. The third-order valence-corrected chi connectivity index (χ3v) is 4.99. The molecule has 1 atom stereocenters. The Morgan fingerprint density at radius 1 is 1.17 bits per heavy atom. The lowest BCUT2D eigenvalue weighted by Gasteiger charge is -2.14. The summed E-state index contributed by atoms with van der Waals surface area (Å²) in [5.74, 6) is 0.233. The van der Waals surface area contributed by atoms with Crippen molar-refractivity contribution in [1.82, 2.24) is 19.4 Å². The first kappa shape index (κ1) is 19.7. The number of hydrogen-bond donors (Lipinski definition) is 1. The van der Waals surface area contributed by atoms with Crippen LogP contribution in [0.2, 0.25) is 0 Å². The first-order valence-electron chi connectivity index (χ1n) is 9.71. The predicted octanol–water partition coefficient (Wildman–Crippen LogP) is 3.36. The summed E-state index contributed by atoms with van der Waals surface area (Å²) in [5, 5.41) is 9.83. The number of carbonyl (C=O) groups excluding carboxylic acids is 1. The van der Waals surface area contributed by atoms with Crippen LogP contribution >= 0.6 is 0 Å². The minimum absolute atomic E-state index is 0.0733. The van der Waals surface area contributed by atoms with Crippen molar-refractivity contribution in [3.8, 4) is 5.75 Å². The van der Waals surface area contributed by atoms with E-state index in [0.29, 0.717) is 22.8 Å². The molecule has 4 aromatic rings. The summed E-state index contributed by atoms with van der Waals surface area (Å²) in [6.07, 6.45) is 5.13. The third-order valence-electron chi connectivity index (χ3n) is 4.99. The molecule has 0 amide bonds. The lowest BCUT2D eigenvalue weighted by Crippen LogP contribution is -2.13. The maximum Gasteiger partial charge on any atom is 0.182 e. The van der Waals surface area contributed by atoms with Gasteiger partial charge in [-0.1, -0.05) is 30.3 Å². The van der Waals surface area contributed by atoms with E-state index in [0.717, 1.165) is 11.3 Å². The fourth-order valence-electron chi connectivity index (χ4n) is 3.49. The molecule has 0 fully saturated rings. The number of aromatic nitrogens is 4. The van der Waals surface area contributed by atoms with Crippen LogP contribution in [-0.4, -0.2) is 36.8 Å². The van der Waals surface area contributed by atoms with Gasteiger partial charge in [0.2, 0.25) is 0 Å². The van der Waals surface area contributed by atoms with Gasteiger partial charge >= 0.3 is 0 Å². The van der Waals surface area contributed by atoms with Crippen LogP contribution in [0, 0.1) is 6.92 Å². The number of rotatable bonds is 8. The van der Waals surface area contributed by atoms with E-state index in [2.05, 4.69) is 15.0 Å². The van der Waals surface area contributed by atoms with Gasteiger partial charge in [0.25, 0.3) is 0 Å². The Morgan fingerprint density at radius 3 is 2.73 bits per heavy atom. The van der Waals surface area contributed by atoms with Gasteiger partial charge in [-0.3, -0.25) is 9.20 Å². The van der Waals surface area contributed by atoms with E-state index in [9.17, 15) is 9.90 Å². The van der Waals surface area contributed by atoms with Gasteiger partial charge in [0.05, 0.1) is 18.0 Å². The predicted molar refractivity (Wildman–Crippen MR) is 112 cm³/mol. The second-order valence-corrected chi connectivity index (χ2v) is 7.02. The fraction of sp³-hybridized carbons (Fsp3) is 0.217. The zero-order valence-corrected chi connectivity index (χ0v) is 16.6. The molecule has 1 aromatic carbocycles. The molecule has 4 rings (SSSR count). The van der Waals surface area contributed by atoms with Crippen LogP contribution in [0.5, 0.6) is 5.75 Å². The highest BCUT2D eigenvalue weighted by Gasteiger charge is 2.22. The zero-order valence-electron chi connectivity index (χ0n) is 16.6. The normalized spacial score (nSPS) is 12.1. The number of nitrogens with zero attached hydrogens (tertiary/aromatic N) is 4. The second-order valence-electron chi connectivity index (χ2n) is 7.02.